The lowest BCUT2D eigenvalue weighted by Crippen LogP contribution is -2.38. The average Bonchev–Trinajstić information content (AvgIpc) is 3.06. The number of nitrogens with zero attached hydrogens (tertiary/aromatic N) is 5. The molecule has 3 aliphatic heterocycles. The number of carbonyl (C=O) groups excluding carboxylic acids is 1. The number of hydrogen-bond acceptors (Lipinski definition) is 7. The van der Waals surface area contributed by atoms with Gasteiger partial charge in [-0.1, -0.05) is 6.92 Å². The molecule has 1 aromatic heterocycles. The van der Waals surface area contributed by atoms with Crippen LogP contribution in [0.4, 0.5) is 5.95 Å². The van der Waals surface area contributed by atoms with Crippen molar-refractivity contribution in [1.82, 2.24) is 19.8 Å². The molecule has 0 saturated carbocycles. The SMILES string of the molecule is CC1CCCN(c2ncc3c(n2)[C@@H]2CN(CC(=O)N(C)C)C[C@@H]2S(=O)(=O)C3)C1. The molecule has 0 radical (unpaired) electrons. The summed E-state index contributed by atoms with van der Waals surface area (Å²) in [6.07, 6.45) is 4.06. The predicted octanol–water partition coefficient (Wildman–Crippen LogP) is 0.497. The Morgan fingerprint density at radius 2 is 2.07 bits per heavy atom. The van der Waals surface area contributed by atoms with Crippen molar-refractivity contribution in [2.24, 2.45) is 5.92 Å². The minimum absolute atomic E-state index is 0.00432. The van der Waals surface area contributed by atoms with E-state index in [0.717, 1.165) is 30.8 Å². The van der Waals surface area contributed by atoms with Crippen LogP contribution >= 0.6 is 0 Å². The second-order valence-electron chi connectivity index (χ2n) is 8.71. The molecule has 8 nitrogen and oxygen atoms in total. The van der Waals surface area contributed by atoms with Crippen LogP contribution in [0.25, 0.3) is 0 Å². The molecule has 3 atom stereocenters. The first-order valence-electron chi connectivity index (χ1n) is 9.99. The topological polar surface area (TPSA) is 86.7 Å². The normalized spacial score (nSPS) is 29.2. The van der Waals surface area contributed by atoms with Gasteiger partial charge in [-0.3, -0.25) is 9.69 Å². The molecule has 1 amide bonds. The number of likely N-dealkylation sites (tertiary alicyclic amines) is 1. The van der Waals surface area contributed by atoms with E-state index in [-0.39, 0.29) is 24.1 Å². The van der Waals surface area contributed by atoms with Crippen LogP contribution in [0.1, 0.15) is 36.9 Å². The van der Waals surface area contributed by atoms with Crippen LogP contribution < -0.4 is 4.90 Å². The zero-order valence-electron chi connectivity index (χ0n) is 16.8. The lowest BCUT2D eigenvalue weighted by molar-refractivity contribution is -0.129. The van der Waals surface area contributed by atoms with Crippen LogP contribution in [0.2, 0.25) is 0 Å². The first-order valence-corrected chi connectivity index (χ1v) is 11.7. The number of likely N-dealkylation sites (N-methyl/N-ethyl adjacent to an activating group) is 1. The fourth-order valence-corrected chi connectivity index (χ4v) is 6.65. The molecule has 1 unspecified atom stereocenters. The van der Waals surface area contributed by atoms with E-state index in [1.54, 1.807) is 25.2 Å². The Morgan fingerprint density at radius 3 is 2.79 bits per heavy atom. The Hall–Kier alpha value is -1.74. The fraction of sp³-hybridized carbons (Fsp3) is 0.737. The number of rotatable bonds is 3. The number of sulfone groups is 1. The third-order valence-corrected chi connectivity index (χ3v) is 8.31. The van der Waals surface area contributed by atoms with E-state index in [1.807, 2.05) is 4.90 Å². The lowest BCUT2D eigenvalue weighted by atomic mass is 9.99. The molecule has 9 heteroatoms. The summed E-state index contributed by atoms with van der Waals surface area (Å²) in [5.74, 6) is 1.12. The third-order valence-electron chi connectivity index (χ3n) is 6.19. The Bertz CT molecular complexity index is 872. The van der Waals surface area contributed by atoms with Crippen molar-refractivity contribution in [3.05, 3.63) is 17.5 Å². The molecular weight excluding hydrogens is 378 g/mol. The Labute approximate surface area is 166 Å². The minimum Gasteiger partial charge on any atom is -0.348 e. The standard InChI is InChI=1S/C19H29N5O3S/c1-13-5-4-6-24(8-13)19-20-7-14-12-28(26,27)16-10-23(11-17(25)22(2)3)9-15(16)18(14)21-19/h7,13,15-16H,4-6,8-12H2,1-3H3/t13?,15-,16+/m1/s1. The molecule has 0 aliphatic carbocycles. The summed E-state index contributed by atoms with van der Waals surface area (Å²) in [5.41, 5.74) is 1.58. The van der Waals surface area contributed by atoms with Crippen LogP contribution in [0.5, 0.6) is 0 Å². The molecule has 0 bridgehead atoms. The van der Waals surface area contributed by atoms with Crippen LogP contribution in [-0.2, 0) is 20.4 Å². The molecule has 1 aromatic rings. The Morgan fingerprint density at radius 1 is 1.29 bits per heavy atom. The van der Waals surface area contributed by atoms with Gasteiger partial charge in [0, 0.05) is 58.0 Å². The van der Waals surface area contributed by atoms with E-state index in [9.17, 15) is 13.2 Å². The summed E-state index contributed by atoms with van der Waals surface area (Å²) in [6, 6.07) is 0. The summed E-state index contributed by atoms with van der Waals surface area (Å²) in [4.78, 5) is 27.2. The van der Waals surface area contributed by atoms with E-state index in [4.69, 9.17) is 4.98 Å². The van der Waals surface area contributed by atoms with Crippen molar-refractivity contribution >= 4 is 21.7 Å². The highest BCUT2D eigenvalue weighted by Gasteiger charge is 2.47. The summed E-state index contributed by atoms with van der Waals surface area (Å²) >= 11 is 0. The molecule has 4 heterocycles. The van der Waals surface area contributed by atoms with Crippen LogP contribution in [0.3, 0.4) is 0 Å². The van der Waals surface area contributed by atoms with Gasteiger partial charge in [0.15, 0.2) is 9.84 Å². The van der Waals surface area contributed by atoms with Crippen LogP contribution in [-0.4, -0.2) is 86.2 Å². The largest absolute Gasteiger partial charge is 0.348 e. The monoisotopic (exact) mass is 407 g/mol. The molecule has 3 aliphatic rings. The van der Waals surface area contributed by atoms with Gasteiger partial charge in [0.25, 0.3) is 0 Å². The smallest absolute Gasteiger partial charge is 0.236 e. The maximum Gasteiger partial charge on any atom is 0.236 e. The number of aromatic nitrogens is 2. The average molecular weight is 408 g/mol. The maximum absolute atomic E-state index is 12.8. The Kier molecular flexibility index (Phi) is 5.07. The number of carbonyl (C=O) groups is 1. The second kappa shape index (κ2) is 7.26. The van der Waals surface area contributed by atoms with Gasteiger partial charge in [-0.25, -0.2) is 18.4 Å². The van der Waals surface area contributed by atoms with Crippen molar-refractivity contribution < 1.29 is 13.2 Å². The van der Waals surface area contributed by atoms with Crippen molar-refractivity contribution in [3.8, 4) is 0 Å². The van der Waals surface area contributed by atoms with Gasteiger partial charge in [-0.05, 0) is 18.8 Å². The Balaban J connectivity index is 1.62. The molecule has 0 N–H and O–H groups in total. The molecule has 0 spiro atoms. The maximum atomic E-state index is 12.8. The number of fused-ring (bicyclic) bond motifs is 3. The highest BCUT2D eigenvalue weighted by molar-refractivity contribution is 7.91. The van der Waals surface area contributed by atoms with Crippen LogP contribution in [0.15, 0.2) is 6.20 Å². The third kappa shape index (κ3) is 3.61. The first kappa shape index (κ1) is 19.6. The van der Waals surface area contributed by atoms with Gasteiger partial charge in [0.2, 0.25) is 11.9 Å². The lowest BCUT2D eigenvalue weighted by Gasteiger charge is -2.32. The van der Waals surface area contributed by atoms with Crippen molar-refractivity contribution in [1.29, 1.82) is 0 Å². The highest BCUT2D eigenvalue weighted by atomic mass is 32.2. The number of hydrogen-bond donors (Lipinski definition) is 0. The van der Waals surface area contributed by atoms with E-state index in [2.05, 4.69) is 16.8 Å². The van der Waals surface area contributed by atoms with Crippen molar-refractivity contribution in [2.75, 3.05) is 51.7 Å². The highest BCUT2D eigenvalue weighted by Crippen LogP contribution is 2.39. The van der Waals surface area contributed by atoms with Gasteiger partial charge < -0.3 is 9.80 Å². The van der Waals surface area contributed by atoms with E-state index in [0.29, 0.717) is 25.0 Å². The van der Waals surface area contributed by atoms with Gasteiger partial charge in [0.1, 0.15) is 0 Å². The van der Waals surface area contributed by atoms with Crippen LogP contribution in [0, 0.1) is 5.92 Å². The molecule has 0 aromatic carbocycles. The molecule has 4 rings (SSSR count). The summed E-state index contributed by atoms with van der Waals surface area (Å²) in [6.45, 7) is 5.30. The minimum atomic E-state index is -3.27. The van der Waals surface area contributed by atoms with Gasteiger partial charge in [-0.2, -0.15) is 0 Å². The second-order valence-corrected chi connectivity index (χ2v) is 10.9. The fourth-order valence-electron chi connectivity index (χ4n) is 4.63. The quantitative estimate of drug-likeness (QED) is 0.721. The predicted molar refractivity (Wildman–Crippen MR) is 107 cm³/mol. The number of piperidine rings is 1. The zero-order chi connectivity index (χ0) is 20.1. The van der Waals surface area contributed by atoms with E-state index < -0.39 is 15.1 Å². The van der Waals surface area contributed by atoms with E-state index in [1.165, 1.54) is 6.42 Å². The molecule has 2 saturated heterocycles. The number of anilines is 1. The summed E-state index contributed by atoms with van der Waals surface area (Å²) in [7, 11) is 0.168. The van der Waals surface area contributed by atoms with Crippen molar-refractivity contribution in [2.45, 2.75) is 36.7 Å². The molecule has 154 valence electrons. The van der Waals surface area contributed by atoms with Gasteiger partial charge >= 0.3 is 0 Å². The summed E-state index contributed by atoms with van der Waals surface area (Å²) in [5, 5.41) is -0.488. The summed E-state index contributed by atoms with van der Waals surface area (Å²) < 4.78 is 25.7. The molecular formula is C19H29N5O3S. The van der Waals surface area contributed by atoms with Gasteiger partial charge in [-0.15, -0.1) is 0 Å². The van der Waals surface area contributed by atoms with Crippen molar-refractivity contribution in [3.63, 3.8) is 0 Å². The number of amides is 1. The molecule has 2 fully saturated rings. The van der Waals surface area contributed by atoms with Gasteiger partial charge in [0.05, 0.1) is 23.2 Å². The molecule has 28 heavy (non-hydrogen) atoms. The van der Waals surface area contributed by atoms with E-state index >= 15 is 0 Å². The first-order chi connectivity index (χ1) is 13.2. The zero-order valence-corrected chi connectivity index (χ0v) is 17.7.